The molecular weight excluding hydrogens is 480 g/mol. The van der Waals surface area contributed by atoms with Crippen LogP contribution >= 0.6 is 0 Å². The number of aliphatic hydroxyl groups excluding tert-OH is 10. The standard InChI is InChI=1S/C20H38O15/c1-7(8(23)5-32-19-16(29)14(27)12(25)10(3-21)34-19)18(31-2)9(24)6-33-20-17(30)15(28)13(26)11(4-22)35-20/h7-30H,3-6H2,1-2H3/t7-,8-,9-,10-,11-,12-,13-,14+,15+,16-,17-,18+,19-,20?/m1/s1. The zero-order chi connectivity index (χ0) is 26.4. The van der Waals surface area contributed by atoms with Gasteiger partial charge in [0.1, 0.15) is 54.9 Å². The van der Waals surface area contributed by atoms with Crippen LogP contribution in [0.5, 0.6) is 0 Å². The summed E-state index contributed by atoms with van der Waals surface area (Å²) in [6, 6.07) is 0. The molecule has 2 heterocycles. The second-order valence-electron chi connectivity index (χ2n) is 8.76. The molecule has 15 nitrogen and oxygen atoms in total. The molecule has 0 aromatic carbocycles. The summed E-state index contributed by atoms with van der Waals surface area (Å²) in [5.74, 6) is -0.793. The molecule has 0 aromatic rings. The highest BCUT2D eigenvalue weighted by atomic mass is 16.7. The Balaban J connectivity index is 1.89. The lowest BCUT2D eigenvalue weighted by Crippen LogP contribution is -2.59. The van der Waals surface area contributed by atoms with E-state index in [2.05, 4.69) is 0 Å². The summed E-state index contributed by atoms with van der Waals surface area (Å²) in [4.78, 5) is 0. The number of hydrogen-bond acceptors (Lipinski definition) is 15. The first-order valence-corrected chi connectivity index (χ1v) is 11.2. The largest absolute Gasteiger partial charge is 0.394 e. The molecule has 0 saturated carbocycles. The van der Waals surface area contributed by atoms with E-state index in [-0.39, 0.29) is 0 Å². The summed E-state index contributed by atoms with van der Waals surface area (Å²) in [6.07, 6.45) is -18.7. The lowest BCUT2D eigenvalue weighted by Gasteiger charge is -2.40. The third-order valence-corrected chi connectivity index (χ3v) is 6.34. The van der Waals surface area contributed by atoms with Crippen LogP contribution in [0.4, 0.5) is 0 Å². The molecule has 2 aliphatic heterocycles. The van der Waals surface area contributed by atoms with E-state index >= 15 is 0 Å². The molecule has 0 bridgehead atoms. The van der Waals surface area contributed by atoms with E-state index in [1.807, 2.05) is 0 Å². The zero-order valence-electron chi connectivity index (χ0n) is 19.4. The van der Waals surface area contributed by atoms with Crippen molar-refractivity contribution in [2.24, 2.45) is 5.92 Å². The minimum absolute atomic E-state index is 0.440. The maximum absolute atomic E-state index is 10.5. The van der Waals surface area contributed by atoms with Crippen LogP contribution in [-0.4, -0.2) is 164 Å². The van der Waals surface area contributed by atoms with E-state index in [0.29, 0.717) is 0 Å². The van der Waals surface area contributed by atoms with E-state index < -0.39 is 112 Å². The van der Waals surface area contributed by atoms with Crippen molar-refractivity contribution in [2.45, 2.75) is 86.6 Å². The van der Waals surface area contributed by atoms with Gasteiger partial charge in [0.2, 0.25) is 0 Å². The highest BCUT2D eigenvalue weighted by Crippen LogP contribution is 2.25. The molecule has 1 unspecified atom stereocenters. The first-order valence-electron chi connectivity index (χ1n) is 11.2. The van der Waals surface area contributed by atoms with Gasteiger partial charge < -0.3 is 74.7 Å². The van der Waals surface area contributed by atoms with Crippen molar-refractivity contribution >= 4 is 0 Å². The third-order valence-electron chi connectivity index (χ3n) is 6.34. The van der Waals surface area contributed by atoms with Crippen molar-refractivity contribution in [2.75, 3.05) is 33.5 Å². The molecule has 15 heteroatoms. The zero-order valence-corrected chi connectivity index (χ0v) is 19.4. The molecule has 208 valence electrons. The first kappa shape index (κ1) is 30.6. The number of ether oxygens (including phenoxy) is 5. The maximum Gasteiger partial charge on any atom is 0.186 e. The highest BCUT2D eigenvalue weighted by Gasteiger charge is 2.46. The predicted molar refractivity (Wildman–Crippen MR) is 111 cm³/mol. The van der Waals surface area contributed by atoms with E-state index in [4.69, 9.17) is 23.7 Å². The van der Waals surface area contributed by atoms with Gasteiger partial charge in [-0.3, -0.25) is 0 Å². The van der Waals surface area contributed by atoms with Crippen LogP contribution in [0.15, 0.2) is 0 Å². The summed E-state index contributed by atoms with van der Waals surface area (Å²) in [5, 5.41) is 98.8. The third kappa shape index (κ3) is 7.25. The molecule has 0 amide bonds. The van der Waals surface area contributed by atoms with Gasteiger partial charge >= 0.3 is 0 Å². The molecule has 35 heavy (non-hydrogen) atoms. The van der Waals surface area contributed by atoms with Crippen molar-refractivity contribution in [3.05, 3.63) is 0 Å². The average Bonchev–Trinajstić information content (AvgIpc) is 2.85. The molecule has 10 N–H and O–H groups in total. The second-order valence-corrected chi connectivity index (χ2v) is 8.76. The minimum Gasteiger partial charge on any atom is -0.394 e. The Hall–Kier alpha value is -0.600. The maximum atomic E-state index is 10.5. The highest BCUT2D eigenvalue weighted by molar-refractivity contribution is 4.90. The van der Waals surface area contributed by atoms with Crippen LogP contribution in [-0.2, 0) is 23.7 Å². The fraction of sp³-hybridized carbons (Fsp3) is 1.00. The Kier molecular flexibility index (Phi) is 12.1. The topological polar surface area (TPSA) is 248 Å². The Morgan fingerprint density at radius 1 is 0.657 bits per heavy atom. The fourth-order valence-electron chi connectivity index (χ4n) is 3.98. The predicted octanol–water partition coefficient (Wildman–Crippen LogP) is -6.01. The molecule has 2 fully saturated rings. The summed E-state index contributed by atoms with van der Waals surface area (Å²) in [6.45, 7) is -0.690. The van der Waals surface area contributed by atoms with Gasteiger partial charge in [0.25, 0.3) is 0 Å². The van der Waals surface area contributed by atoms with Crippen LogP contribution in [0.3, 0.4) is 0 Å². The van der Waals surface area contributed by atoms with Gasteiger partial charge in [-0.05, 0) is 0 Å². The van der Waals surface area contributed by atoms with Crippen molar-refractivity contribution in [3.63, 3.8) is 0 Å². The lowest BCUT2D eigenvalue weighted by molar-refractivity contribution is -0.308. The molecule has 0 aromatic heterocycles. The monoisotopic (exact) mass is 518 g/mol. The molecule has 0 radical (unpaired) electrons. The molecule has 2 aliphatic rings. The van der Waals surface area contributed by atoms with Gasteiger partial charge in [-0.15, -0.1) is 0 Å². The molecule has 0 spiro atoms. The van der Waals surface area contributed by atoms with Gasteiger partial charge in [0.05, 0.1) is 38.6 Å². The molecule has 2 rings (SSSR count). The van der Waals surface area contributed by atoms with Crippen LogP contribution in [0.1, 0.15) is 6.92 Å². The van der Waals surface area contributed by atoms with Gasteiger partial charge in [0, 0.05) is 13.0 Å². The molecule has 14 atom stereocenters. The van der Waals surface area contributed by atoms with Crippen LogP contribution < -0.4 is 0 Å². The SMILES string of the molecule is CO[C@@H]([C@H](C)[C@H](O)CO[C@@H]1O[C@H](CO)[C@@H](O)[C@H](O)[C@H]1O)[C@H](O)COC1O[C@H](CO)[C@@H](O)[C@H](O)[C@H]1O. The Bertz CT molecular complexity index is 609. The van der Waals surface area contributed by atoms with Gasteiger partial charge in [-0.25, -0.2) is 0 Å². The average molecular weight is 519 g/mol. The van der Waals surface area contributed by atoms with E-state index in [9.17, 15) is 51.1 Å². The summed E-state index contributed by atoms with van der Waals surface area (Å²) in [5.41, 5.74) is 0. The second kappa shape index (κ2) is 13.8. The molecular formula is C20H38O15. The van der Waals surface area contributed by atoms with Crippen LogP contribution in [0.2, 0.25) is 0 Å². The minimum atomic E-state index is -1.66. The fourth-order valence-corrected chi connectivity index (χ4v) is 3.98. The Morgan fingerprint density at radius 2 is 1.06 bits per heavy atom. The number of rotatable bonds is 12. The molecule has 2 saturated heterocycles. The number of methoxy groups -OCH3 is 1. The van der Waals surface area contributed by atoms with Crippen molar-refractivity contribution in [1.29, 1.82) is 0 Å². The molecule has 0 aliphatic carbocycles. The van der Waals surface area contributed by atoms with Gasteiger partial charge in [-0.2, -0.15) is 0 Å². The van der Waals surface area contributed by atoms with Gasteiger partial charge in [-0.1, -0.05) is 6.92 Å². The van der Waals surface area contributed by atoms with E-state index in [1.165, 1.54) is 14.0 Å². The van der Waals surface area contributed by atoms with Crippen LogP contribution in [0, 0.1) is 5.92 Å². The smallest absolute Gasteiger partial charge is 0.186 e. The van der Waals surface area contributed by atoms with E-state index in [0.717, 1.165) is 0 Å². The first-order chi connectivity index (χ1) is 16.5. The van der Waals surface area contributed by atoms with Crippen molar-refractivity contribution in [1.82, 2.24) is 0 Å². The summed E-state index contributed by atoms with van der Waals surface area (Å²) >= 11 is 0. The number of aliphatic hydroxyl groups is 10. The summed E-state index contributed by atoms with van der Waals surface area (Å²) in [7, 11) is 1.27. The van der Waals surface area contributed by atoms with Gasteiger partial charge in [0.15, 0.2) is 12.6 Å². The van der Waals surface area contributed by atoms with E-state index in [1.54, 1.807) is 0 Å². The quantitative estimate of drug-likeness (QED) is 0.115. The number of hydrogen-bond donors (Lipinski definition) is 10. The lowest BCUT2D eigenvalue weighted by atomic mass is 9.94. The summed E-state index contributed by atoms with van der Waals surface area (Å²) < 4.78 is 26.3. The normalized spacial score (nSPS) is 41.8. The van der Waals surface area contributed by atoms with Crippen molar-refractivity contribution in [3.8, 4) is 0 Å². The Labute approximate surface area is 201 Å². The van der Waals surface area contributed by atoms with Crippen LogP contribution in [0.25, 0.3) is 0 Å². The van der Waals surface area contributed by atoms with Crippen molar-refractivity contribution < 1.29 is 74.7 Å². The Morgan fingerprint density at radius 3 is 1.43 bits per heavy atom.